The van der Waals surface area contributed by atoms with E-state index in [1.807, 2.05) is 26.0 Å². The Morgan fingerprint density at radius 2 is 1.94 bits per heavy atom. The Labute approximate surface area is 213 Å². The van der Waals surface area contributed by atoms with Gasteiger partial charge in [-0.2, -0.15) is 0 Å². The molecule has 1 aromatic carbocycles. The minimum Gasteiger partial charge on any atom is -0.508 e. The lowest BCUT2D eigenvalue weighted by Gasteiger charge is -2.26. The topological polar surface area (TPSA) is 109 Å². The molecule has 196 valence electrons. The number of carbonyl (C=O) groups is 2. The van der Waals surface area contributed by atoms with Crippen LogP contribution < -0.4 is 0 Å². The summed E-state index contributed by atoms with van der Waals surface area (Å²) in [6, 6.07) is 2.48. The highest BCUT2D eigenvalue weighted by atomic mass is 16.6. The molecule has 3 rings (SSSR count). The molecular formula is C28H38N2O6. The highest BCUT2D eigenvalue weighted by molar-refractivity contribution is 6.00. The first-order chi connectivity index (χ1) is 17.5. The first kappa shape index (κ1) is 28.7. The number of rotatable bonds is 4. The van der Waals surface area contributed by atoms with E-state index < -0.39 is 5.97 Å². The van der Waals surface area contributed by atoms with Crippen molar-refractivity contribution in [1.29, 1.82) is 0 Å². The summed E-state index contributed by atoms with van der Waals surface area (Å²) < 4.78 is 5.37. The average Bonchev–Trinajstić information content (AvgIpc) is 2.88. The molecule has 1 fully saturated rings. The van der Waals surface area contributed by atoms with Crippen molar-refractivity contribution in [2.45, 2.75) is 58.8 Å². The van der Waals surface area contributed by atoms with E-state index in [1.54, 1.807) is 17.1 Å². The molecule has 8 nitrogen and oxygen atoms in total. The fraction of sp³-hybridized carbons (Fsp3) is 0.464. The highest BCUT2D eigenvalue weighted by Gasteiger charge is 2.21. The van der Waals surface area contributed by atoms with E-state index in [9.17, 15) is 19.8 Å². The standard InChI is InChI=1S/C26H32N2O6.C2H6/c1-2-19-9-5-3-6-10-21(27-34-18-24(31)28-12-7-4-8-13-28)15-20-16-22(29)17-23(30)25(20)26(32)33-14-11-19;1-2/h2,6,9-10,16-17,29-30H,1,3-5,7-8,11-15,18H2;1-2H3/b10-6+,19-9+,27-21+;. The van der Waals surface area contributed by atoms with Gasteiger partial charge >= 0.3 is 5.97 Å². The van der Waals surface area contributed by atoms with Gasteiger partial charge in [-0.05, 0) is 55.4 Å². The predicted octanol–water partition coefficient (Wildman–Crippen LogP) is 5.06. The molecule has 0 unspecified atom stereocenters. The number of aromatic hydroxyl groups is 2. The number of cyclic esters (lactones) is 1. The van der Waals surface area contributed by atoms with Gasteiger partial charge in [0.05, 0.1) is 12.3 Å². The third-order valence-corrected chi connectivity index (χ3v) is 5.77. The molecule has 0 spiro atoms. The molecule has 1 saturated heterocycles. The summed E-state index contributed by atoms with van der Waals surface area (Å²) in [7, 11) is 0. The van der Waals surface area contributed by atoms with Crippen molar-refractivity contribution in [2.75, 3.05) is 26.3 Å². The normalized spacial score (nSPS) is 20.4. The first-order valence-corrected chi connectivity index (χ1v) is 12.6. The van der Waals surface area contributed by atoms with Gasteiger partial charge in [0.1, 0.15) is 17.1 Å². The molecule has 0 radical (unpaired) electrons. The van der Waals surface area contributed by atoms with Crippen LogP contribution in [0.1, 0.15) is 68.3 Å². The van der Waals surface area contributed by atoms with E-state index in [0.29, 0.717) is 17.7 Å². The van der Waals surface area contributed by atoms with Crippen molar-refractivity contribution in [2.24, 2.45) is 5.16 Å². The fourth-order valence-electron chi connectivity index (χ4n) is 3.97. The number of carbonyl (C=O) groups excluding carboxylic acids is 2. The number of fused-ring (bicyclic) bond motifs is 1. The lowest BCUT2D eigenvalue weighted by Crippen LogP contribution is -2.37. The van der Waals surface area contributed by atoms with Crippen molar-refractivity contribution >= 4 is 17.6 Å². The number of phenols is 2. The van der Waals surface area contributed by atoms with Crippen LogP contribution in [-0.4, -0.2) is 59.0 Å². The number of allylic oxidation sites excluding steroid dienone is 4. The second kappa shape index (κ2) is 15.4. The molecule has 2 aliphatic rings. The van der Waals surface area contributed by atoms with E-state index in [4.69, 9.17) is 9.57 Å². The number of amides is 1. The summed E-state index contributed by atoms with van der Waals surface area (Å²) in [5.41, 5.74) is 1.70. The number of nitrogens with zero attached hydrogens (tertiary/aromatic N) is 2. The van der Waals surface area contributed by atoms with Gasteiger partial charge in [0.15, 0.2) is 6.61 Å². The van der Waals surface area contributed by atoms with Crippen LogP contribution in [0.2, 0.25) is 0 Å². The molecule has 0 atom stereocenters. The molecule has 36 heavy (non-hydrogen) atoms. The molecule has 2 aliphatic heterocycles. The van der Waals surface area contributed by atoms with Gasteiger partial charge in [-0.1, -0.05) is 43.8 Å². The van der Waals surface area contributed by atoms with Gasteiger partial charge in [0.2, 0.25) is 0 Å². The third kappa shape index (κ3) is 8.91. The predicted molar refractivity (Wildman–Crippen MR) is 140 cm³/mol. The molecule has 1 aromatic rings. The molecule has 0 saturated carbocycles. The van der Waals surface area contributed by atoms with Crippen molar-refractivity contribution in [1.82, 2.24) is 4.90 Å². The number of hydrogen-bond donors (Lipinski definition) is 2. The minimum absolute atomic E-state index is 0.0375. The zero-order valence-corrected chi connectivity index (χ0v) is 21.4. The fourth-order valence-corrected chi connectivity index (χ4v) is 3.97. The van der Waals surface area contributed by atoms with E-state index in [2.05, 4.69) is 11.7 Å². The largest absolute Gasteiger partial charge is 0.508 e. The van der Waals surface area contributed by atoms with Crippen LogP contribution in [0.4, 0.5) is 0 Å². The Morgan fingerprint density at radius 3 is 2.67 bits per heavy atom. The van der Waals surface area contributed by atoms with Crippen LogP contribution in [-0.2, 0) is 20.8 Å². The molecule has 2 N–H and O–H groups in total. The van der Waals surface area contributed by atoms with Crippen LogP contribution in [0.3, 0.4) is 0 Å². The van der Waals surface area contributed by atoms with Crippen molar-refractivity contribution < 1.29 is 29.4 Å². The Balaban J connectivity index is 0.00000222. The number of benzene rings is 1. The monoisotopic (exact) mass is 498 g/mol. The molecular weight excluding hydrogens is 460 g/mol. The van der Waals surface area contributed by atoms with Gasteiger partial charge in [0, 0.05) is 32.0 Å². The highest BCUT2D eigenvalue weighted by Crippen LogP contribution is 2.29. The number of hydrogen-bond acceptors (Lipinski definition) is 7. The molecule has 0 aliphatic carbocycles. The maximum Gasteiger partial charge on any atom is 0.342 e. The summed E-state index contributed by atoms with van der Waals surface area (Å²) >= 11 is 0. The molecule has 2 heterocycles. The molecule has 1 amide bonds. The summed E-state index contributed by atoms with van der Waals surface area (Å²) in [5.74, 6) is -1.38. The second-order valence-corrected chi connectivity index (χ2v) is 8.32. The minimum atomic E-state index is -0.697. The van der Waals surface area contributed by atoms with Crippen molar-refractivity contribution in [3.63, 3.8) is 0 Å². The molecule has 0 bridgehead atoms. The second-order valence-electron chi connectivity index (χ2n) is 8.32. The van der Waals surface area contributed by atoms with Crippen LogP contribution in [0.15, 0.2) is 53.7 Å². The van der Waals surface area contributed by atoms with Crippen LogP contribution in [0, 0.1) is 0 Å². The van der Waals surface area contributed by atoms with Gasteiger partial charge in [-0.25, -0.2) is 4.79 Å². The Hall–Kier alpha value is -3.55. The summed E-state index contributed by atoms with van der Waals surface area (Å²) in [5, 5.41) is 24.5. The average molecular weight is 499 g/mol. The number of esters is 1. The Bertz CT molecular complexity index is 990. The summed E-state index contributed by atoms with van der Waals surface area (Å²) in [6.45, 7) is 9.21. The molecule has 0 aromatic heterocycles. The van der Waals surface area contributed by atoms with E-state index in [1.165, 1.54) is 6.07 Å². The smallest absolute Gasteiger partial charge is 0.342 e. The third-order valence-electron chi connectivity index (χ3n) is 5.77. The summed E-state index contributed by atoms with van der Waals surface area (Å²) in [6.07, 6.45) is 12.7. The number of likely N-dealkylation sites (tertiary alicyclic amines) is 1. The van der Waals surface area contributed by atoms with Crippen molar-refractivity contribution in [3.05, 3.63) is 59.7 Å². The Morgan fingerprint density at radius 1 is 1.19 bits per heavy atom. The summed E-state index contributed by atoms with van der Waals surface area (Å²) in [4.78, 5) is 32.3. The van der Waals surface area contributed by atoms with Crippen LogP contribution in [0.25, 0.3) is 0 Å². The number of oxime groups is 1. The Kier molecular flexibility index (Phi) is 12.3. The lowest BCUT2D eigenvalue weighted by molar-refractivity contribution is -0.137. The number of phenolic OH excluding ortho intramolecular Hbond substituents is 2. The van der Waals surface area contributed by atoms with E-state index >= 15 is 0 Å². The molecule has 8 heteroatoms. The zero-order valence-electron chi connectivity index (χ0n) is 21.4. The van der Waals surface area contributed by atoms with Gasteiger partial charge in [0.25, 0.3) is 5.91 Å². The van der Waals surface area contributed by atoms with Gasteiger partial charge in [-0.15, -0.1) is 0 Å². The van der Waals surface area contributed by atoms with Crippen LogP contribution in [0.5, 0.6) is 11.5 Å². The first-order valence-electron chi connectivity index (χ1n) is 12.6. The number of ether oxygens (including phenoxy) is 1. The quantitative estimate of drug-likeness (QED) is 0.444. The van der Waals surface area contributed by atoms with Crippen molar-refractivity contribution in [3.8, 4) is 11.5 Å². The van der Waals surface area contributed by atoms with Gasteiger partial charge < -0.3 is 24.7 Å². The van der Waals surface area contributed by atoms with Crippen LogP contribution >= 0.6 is 0 Å². The van der Waals surface area contributed by atoms with E-state index in [-0.39, 0.29) is 42.6 Å². The zero-order chi connectivity index (χ0) is 26.3. The number of piperidine rings is 1. The maximum absolute atomic E-state index is 12.7. The lowest BCUT2D eigenvalue weighted by atomic mass is 9.99. The van der Waals surface area contributed by atoms with E-state index in [0.717, 1.165) is 56.8 Å². The SMILES string of the molecule is C=C/C1=C\CC/C=C/C(=N\OCC(=O)N2CCCCC2)Cc2cc(O)cc(O)c2C(=O)OCC1.CC. The maximum atomic E-state index is 12.7. The van der Waals surface area contributed by atoms with Gasteiger partial charge in [-0.3, -0.25) is 4.79 Å².